The van der Waals surface area contributed by atoms with Crippen LogP contribution in [0.4, 0.5) is 0 Å². The van der Waals surface area contributed by atoms with Gasteiger partial charge in [0.15, 0.2) is 0 Å². The Labute approximate surface area is 105 Å². The summed E-state index contributed by atoms with van der Waals surface area (Å²) >= 11 is 1.62. The predicted octanol–water partition coefficient (Wildman–Crippen LogP) is 3.24. The zero-order valence-corrected chi connectivity index (χ0v) is 11.3. The minimum Gasteiger partial charge on any atom is -0.306 e. The molecular weight excluding hydrogens is 232 g/mol. The quantitative estimate of drug-likeness (QED) is 0.886. The van der Waals surface area contributed by atoms with Crippen molar-refractivity contribution in [3.8, 4) is 11.4 Å². The van der Waals surface area contributed by atoms with Gasteiger partial charge < -0.3 is 4.98 Å². The summed E-state index contributed by atoms with van der Waals surface area (Å²) < 4.78 is 0. The Morgan fingerprint density at radius 2 is 2.00 bits per heavy atom. The average Bonchev–Trinajstić information content (AvgIpc) is 2.62. The van der Waals surface area contributed by atoms with Gasteiger partial charge in [-0.2, -0.15) is 11.3 Å². The summed E-state index contributed by atoms with van der Waals surface area (Å²) in [6.45, 7) is 7.94. The maximum absolute atomic E-state index is 12.0. The summed E-state index contributed by atoms with van der Waals surface area (Å²) in [6.07, 6.45) is 0. The molecule has 4 heteroatoms. The summed E-state index contributed by atoms with van der Waals surface area (Å²) in [6, 6.07) is 0. The lowest BCUT2D eigenvalue weighted by atomic mass is 10.0. The van der Waals surface area contributed by atoms with Gasteiger partial charge in [-0.3, -0.25) is 4.79 Å². The molecule has 0 aliphatic carbocycles. The molecule has 17 heavy (non-hydrogen) atoms. The molecule has 0 saturated heterocycles. The minimum atomic E-state index is -0.0203. The van der Waals surface area contributed by atoms with Gasteiger partial charge >= 0.3 is 0 Å². The van der Waals surface area contributed by atoms with E-state index < -0.39 is 0 Å². The highest BCUT2D eigenvalue weighted by Crippen LogP contribution is 2.24. The maximum Gasteiger partial charge on any atom is 0.254 e. The summed E-state index contributed by atoms with van der Waals surface area (Å²) in [5, 5.41) is 4.07. The van der Waals surface area contributed by atoms with Crippen molar-refractivity contribution in [1.82, 2.24) is 9.97 Å². The molecule has 1 N–H and O–H groups in total. The highest BCUT2D eigenvalue weighted by atomic mass is 32.1. The van der Waals surface area contributed by atoms with E-state index in [1.807, 2.05) is 33.1 Å². The van der Waals surface area contributed by atoms with Gasteiger partial charge in [-0.05, 0) is 30.7 Å². The minimum absolute atomic E-state index is 0.0203. The number of rotatable bonds is 2. The fourth-order valence-corrected chi connectivity index (χ4v) is 2.84. The molecule has 0 radical (unpaired) electrons. The monoisotopic (exact) mass is 248 g/mol. The Kier molecular flexibility index (Phi) is 3.15. The van der Waals surface area contributed by atoms with Gasteiger partial charge in [-0.15, -0.1) is 0 Å². The molecule has 0 spiro atoms. The molecule has 0 fully saturated rings. The number of H-pyrrole nitrogens is 1. The summed E-state index contributed by atoms with van der Waals surface area (Å²) in [5.41, 5.74) is 3.75. The molecule has 90 valence electrons. The topological polar surface area (TPSA) is 45.8 Å². The Bertz CT molecular complexity index is 596. The van der Waals surface area contributed by atoms with E-state index in [4.69, 9.17) is 0 Å². The highest BCUT2D eigenvalue weighted by molar-refractivity contribution is 7.08. The predicted molar refractivity (Wildman–Crippen MR) is 71.7 cm³/mol. The van der Waals surface area contributed by atoms with Crippen LogP contribution in [-0.4, -0.2) is 9.97 Å². The van der Waals surface area contributed by atoms with Gasteiger partial charge in [0.25, 0.3) is 5.56 Å². The molecule has 0 aliphatic rings. The molecule has 0 aromatic carbocycles. The number of aryl methyl sites for hydroxylation is 2. The number of thiophene rings is 1. The second kappa shape index (κ2) is 4.45. The Balaban J connectivity index is 2.61. The molecule has 2 aromatic rings. The van der Waals surface area contributed by atoms with Crippen LogP contribution >= 0.6 is 11.3 Å². The van der Waals surface area contributed by atoms with Crippen molar-refractivity contribution >= 4 is 11.3 Å². The van der Waals surface area contributed by atoms with E-state index in [0.717, 1.165) is 22.4 Å². The Morgan fingerprint density at radius 3 is 2.47 bits per heavy atom. The maximum atomic E-state index is 12.0. The third-order valence-corrected chi connectivity index (χ3v) is 3.70. The van der Waals surface area contributed by atoms with E-state index in [-0.39, 0.29) is 11.5 Å². The van der Waals surface area contributed by atoms with Gasteiger partial charge in [-0.1, -0.05) is 13.8 Å². The average molecular weight is 248 g/mol. The van der Waals surface area contributed by atoms with Gasteiger partial charge in [0.1, 0.15) is 5.82 Å². The van der Waals surface area contributed by atoms with E-state index in [0.29, 0.717) is 5.82 Å². The lowest BCUT2D eigenvalue weighted by Gasteiger charge is -2.09. The molecule has 0 unspecified atom stereocenters. The SMILES string of the molecule is Cc1cscc1-c1nc(C)c(C(C)C)c(=O)[nH]1. The van der Waals surface area contributed by atoms with Crippen LogP contribution in [0.3, 0.4) is 0 Å². The van der Waals surface area contributed by atoms with Gasteiger partial charge in [0.2, 0.25) is 0 Å². The Morgan fingerprint density at radius 1 is 1.29 bits per heavy atom. The molecule has 2 rings (SSSR count). The number of nitrogens with one attached hydrogen (secondary N) is 1. The third-order valence-electron chi connectivity index (χ3n) is 2.83. The zero-order chi connectivity index (χ0) is 12.6. The molecule has 0 aliphatic heterocycles. The molecule has 0 amide bonds. The smallest absolute Gasteiger partial charge is 0.254 e. The van der Waals surface area contributed by atoms with Crippen LogP contribution in [0.15, 0.2) is 15.6 Å². The molecule has 3 nitrogen and oxygen atoms in total. The molecule has 0 bridgehead atoms. The zero-order valence-electron chi connectivity index (χ0n) is 10.5. The lowest BCUT2D eigenvalue weighted by molar-refractivity contribution is 0.815. The number of hydrogen-bond acceptors (Lipinski definition) is 3. The normalized spacial score (nSPS) is 11.1. The fourth-order valence-electron chi connectivity index (χ4n) is 2.01. The summed E-state index contributed by atoms with van der Waals surface area (Å²) in [5.74, 6) is 0.875. The first kappa shape index (κ1) is 12.0. The van der Waals surface area contributed by atoms with Crippen LogP contribution in [0.1, 0.15) is 36.6 Å². The molecule has 2 aromatic heterocycles. The van der Waals surface area contributed by atoms with Gasteiger partial charge in [-0.25, -0.2) is 4.98 Å². The van der Waals surface area contributed by atoms with Crippen LogP contribution < -0.4 is 5.56 Å². The van der Waals surface area contributed by atoms with Crippen LogP contribution in [-0.2, 0) is 0 Å². The summed E-state index contributed by atoms with van der Waals surface area (Å²) in [4.78, 5) is 19.4. The van der Waals surface area contributed by atoms with Crippen molar-refractivity contribution in [2.75, 3.05) is 0 Å². The first-order valence-corrected chi connectivity index (χ1v) is 6.59. The standard InChI is InChI=1S/C13H16N2OS/c1-7(2)11-9(4)14-12(15-13(11)16)10-6-17-5-8(10)3/h5-7H,1-4H3,(H,14,15,16). The Hall–Kier alpha value is -1.42. The van der Waals surface area contributed by atoms with Crippen LogP contribution in [0.25, 0.3) is 11.4 Å². The van der Waals surface area contributed by atoms with E-state index in [2.05, 4.69) is 15.3 Å². The van der Waals surface area contributed by atoms with E-state index in [1.54, 1.807) is 11.3 Å². The van der Waals surface area contributed by atoms with Crippen molar-refractivity contribution in [3.63, 3.8) is 0 Å². The first-order chi connectivity index (χ1) is 8.00. The van der Waals surface area contributed by atoms with E-state index in [1.165, 1.54) is 0 Å². The van der Waals surface area contributed by atoms with Crippen molar-refractivity contribution in [3.05, 3.63) is 37.9 Å². The highest BCUT2D eigenvalue weighted by Gasteiger charge is 2.13. The molecule has 0 atom stereocenters. The summed E-state index contributed by atoms with van der Waals surface area (Å²) in [7, 11) is 0. The molecule has 2 heterocycles. The first-order valence-electron chi connectivity index (χ1n) is 5.64. The number of aromatic amines is 1. The third kappa shape index (κ3) is 2.17. The lowest BCUT2D eigenvalue weighted by Crippen LogP contribution is -2.18. The van der Waals surface area contributed by atoms with Crippen molar-refractivity contribution in [1.29, 1.82) is 0 Å². The molecule has 0 saturated carbocycles. The van der Waals surface area contributed by atoms with Crippen molar-refractivity contribution in [2.45, 2.75) is 33.6 Å². The van der Waals surface area contributed by atoms with Crippen molar-refractivity contribution in [2.24, 2.45) is 0 Å². The van der Waals surface area contributed by atoms with E-state index in [9.17, 15) is 4.79 Å². The van der Waals surface area contributed by atoms with Crippen LogP contribution in [0.2, 0.25) is 0 Å². The van der Waals surface area contributed by atoms with E-state index >= 15 is 0 Å². The van der Waals surface area contributed by atoms with Gasteiger partial charge in [0, 0.05) is 22.2 Å². The largest absolute Gasteiger partial charge is 0.306 e. The fraction of sp³-hybridized carbons (Fsp3) is 0.385. The second-order valence-electron chi connectivity index (χ2n) is 4.54. The number of aromatic nitrogens is 2. The van der Waals surface area contributed by atoms with Crippen LogP contribution in [0.5, 0.6) is 0 Å². The van der Waals surface area contributed by atoms with Crippen molar-refractivity contribution < 1.29 is 0 Å². The second-order valence-corrected chi connectivity index (χ2v) is 5.28. The number of nitrogens with zero attached hydrogens (tertiary/aromatic N) is 1. The molecular formula is C13H16N2OS. The number of hydrogen-bond donors (Lipinski definition) is 1. The van der Waals surface area contributed by atoms with Crippen LogP contribution in [0, 0.1) is 13.8 Å². The van der Waals surface area contributed by atoms with Gasteiger partial charge in [0.05, 0.1) is 0 Å².